The van der Waals surface area contributed by atoms with E-state index in [-0.39, 0.29) is 17.2 Å². The summed E-state index contributed by atoms with van der Waals surface area (Å²) < 4.78 is 5.01. The summed E-state index contributed by atoms with van der Waals surface area (Å²) in [6, 6.07) is 4.01. The van der Waals surface area contributed by atoms with Crippen molar-refractivity contribution >= 4 is 17.9 Å². The third kappa shape index (κ3) is 5.45. The van der Waals surface area contributed by atoms with Crippen molar-refractivity contribution in [1.29, 1.82) is 0 Å². The first-order chi connectivity index (χ1) is 9.85. The number of rotatable bonds is 5. The lowest BCUT2D eigenvalue weighted by Crippen LogP contribution is -2.07. The molecule has 2 rings (SSSR count). The Labute approximate surface area is 120 Å². The van der Waals surface area contributed by atoms with Crippen LogP contribution in [0.5, 0.6) is 0 Å². The van der Waals surface area contributed by atoms with Crippen molar-refractivity contribution in [2.75, 3.05) is 6.61 Å². The van der Waals surface area contributed by atoms with Crippen molar-refractivity contribution in [3.8, 4) is 0 Å². The van der Waals surface area contributed by atoms with E-state index < -0.39 is 17.9 Å². The zero-order chi connectivity index (χ0) is 16.0. The minimum absolute atomic E-state index is 0.0298. The van der Waals surface area contributed by atoms with E-state index in [1.165, 1.54) is 18.2 Å². The van der Waals surface area contributed by atoms with E-state index in [0.29, 0.717) is 18.6 Å². The molecule has 21 heavy (non-hydrogen) atoms. The molecule has 0 aliphatic carbocycles. The van der Waals surface area contributed by atoms with Gasteiger partial charge in [-0.3, -0.25) is 0 Å². The lowest BCUT2D eigenvalue weighted by molar-refractivity contribution is -0.131. The summed E-state index contributed by atoms with van der Waals surface area (Å²) in [5.41, 5.74) is 0.746. The number of ether oxygens (including phenoxy) is 1. The molecule has 1 aromatic rings. The zero-order valence-corrected chi connectivity index (χ0v) is 11.0. The monoisotopic (exact) mass is 294 g/mol. The van der Waals surface area contributed by atoms with E-state index >= 15 is 0 Å². The summed E-state index contributed by atoms with van der Waals surface area (Å²) in [6.07, 6.45) is 1.31. The quantitative estimate of drug-likeness (QED) is 0.551. The lowest BCUT2D eigenvalue weighted by atomic mass is 10.00. The second kappa shape index (κ2) is 7.20. The molecule has 1 unspecified atom stereocenters. The van der Waals surface area contributed by atoms with E-state index in [1.807, 2.05) is 0 Å². The molecule has 112 valence electrons. The van der Waals surface area contributed by atoms with Crippen LogP contribution in [0.1, 0.15) is 26.3 Å². The van der Waals surface area contributed by atoms with Gasteiger partial charge in [-0.25, -0.2) is 14.4 Å². The van der Waals surface area contributed by atoms with Crippen LogP contribution in [0, 0.1) is 0 Å². The van der Waals surface area contributed by atoms with Crippen LogP contribution < -0.4 is 0 Å². The Bertz CT molecular complexity index is 573. The van der Waals surface area contributed by atoms with Crippen LogP contribution >= 0.6 is 0 Å². The van der Waals surface area contributed by atoms with Gasteiger partial charge in [-0.1, -0.05) is 6.58 Å². The maximum atomic E-state index is 10.9. The van der Waals surface area contributed by atoms with E-state index in [4.69, 9.17) is 20.1 Å². The second-order valence-electron chi connectivity index (χ2n) is 4.18. The smallest absolute Gasteiger partial charge is 0.335 e. The van der Waals surface area contributed by atoms with Crippen molar-refractivity contribution in [2.45, 2.75) is 12.5 Å². The number of aliphatic carboxylic acids is 1. The molecule has 3 N–H and O–H groups in total. The highest BCUT2D eigenvalue weighted by atomic mass is 16.6. The van der Waals surface area contributed by atoms with E-state index in [0.717, 1.165) is 6.08 Å². The molecular formula is C14H14O7. The van der Waals surface area contributed by atoms with Gasteiger partial charge < -0.3 is 20.1 Å². The first kappa shape index (κ1) is 16.4. The summed E-state index contributed by atoms with van der Waals surface area (Å²) in [7, 11) is 0. The fourth-order valence-corrected chi connectivity index (χ4v) is 1.54. The molecule has 7 nitrogen and oxygen atoms in total. The van der Waals surface area contributed by atoms with Gasteiger partial charge >= 0.3 is 17.9 Å². The molecule has 0 spiro atoms. The van der Waals surface area contributed by atoms with Gasteiger partial charge in [0.2, 0.25) is 0 Å². The van der Waals surface area contributed by atoms with Crippen molar-refractivity contribution in [3.63, 3.8) is 0 Å². The number of epoxide rings is 1. The Morgan fingerprint density at radius 3 is 2.19 bits per heavy atom. The number of carboxylic acids is 3. The molecule has 1 aromatic carbocycles. The predicted octanol–water partition coefficient (Wildman–Crippen LogP) is 1.28. The Hall–Kier alpha value is -2.67. The van der Waals surface area contributed by atoms with Gasteiger partial charge in [-0.05, 0) is 23.8 Å². The number of hydrogen-bond acceptors (Lipinski definition) is 4. The Morgan fingerprint density at radius 2 is 1.81 bits per heavy atom. The van der Waals surface area contributed by atoms with E-state index in [1.54, 1.807) is 0 Å². The van der Waals surface area contributed by atoms with Crippen LogP contribution in [0.25, 0.3) is 0 Å². The third-order valence-electron chi connectivity index (χ3n) is 2.61. The first-order valence-electron chi connectivity index (χ1n) is 5.91. The van der Waals surface area contributed by atoms with Crippen molar-refractivity contribution in [3.05, 3.63) is 47.5 Å². The Morgan fingerprint density at radius 1 is 1.24 bits per heavy atom. The van der Waals surface area contributed by atoms with Gasteiger partial charge in [-0.2, -0.15) is 0 Å². The fourth-order valence-electron chi connectivity index (χ4n) is 1.54. The molecular weight excluding hydrogens is 280 g/mol. The predicted molar refractivity (Wildman–Crippen MR) is 71.6 cm³/mol. The molecule has 1 aliphatic rings. The van der Waals surface area contributed by atoms with Crippen LogP contribution in [0.2, 0.25) is 0 Å². The molecule has 1 aliphatic heterocycles. The number of benzene rings is 1. The molecule has 0 saturated carbocycles. The van der Waals surface area contributed by atoms with Crippen molar-refractivity contribution in [2.24, 2.45) is 0 Å². The minimum Gasteiger partial charge on any atom is -0.478 e. The largest absolute Gasteiger partial charge is 0.478 e. The average molecular weight is 294 g/mol. The van der Waals surface area contributed by atoms with Gasteiger partial charge in [0.05, 0.1) is 23.8 Å². The normalized spacial score (nSPS) is 15.3. The lowest BCUT2D eigenvalue weighted by Gasteiger charge is -2.05. The number of aromatic carboxylic acids is 2. The Kier molecular flexibility index (Phi) is 5.62. The maximum absolute atomic E-state index is 10.9. The standard InChI is InChI=1S/C11H10O5.C3H4O2/c12-10(13)6-1-2-9(11(14)15)7(3-6)4-8-5-16-8;1-2-3(4)5/h1-3,8H,4-5H2,(H,12,13)(H,14,15);2H,1H2,(H,4,5). The van der Waals surface area contributed by atoms with E-state index in [9.17, 15) is 14.4 Å². The minimum atomic E-state index is -1.06. The molecule has 1 fully saturated rings. The molecule has 7 heteroatoms. The molecule has 0 aromatic heterocycles. The average Bonchev–Trinajstić information content (AvgIpc) is 3.22. The second-order valence-corrected chi connectivity index (χ2v) is 4.18. The summed E-state index contributed by atoms with van der Waals surface area (Å²) in [4.78, 5) is 30.9. The van der Waals surface area contributed by atoms with Gasteiger partial charge in [-0.15, -0.1) is 0 Å². The Balaban J connectivity index is 0.000000383. The molecule has 0 amide bonds. The number of hydrogen-bond donors (Lipinski definition) is 3. The summed E-state index contributed by atoms with van der Waals surface area (Å²) in [5, 5.41) is 25.4. The SMILES string of the molecule is C=CC(=O)O.O=C(O)c1ccc(C(=O)O)c(CC2CO2)c1. The zero-order valence-electron chi connectivity index (χ0n) is 11.0. The van der Waals surface area contributed by atoms with Crippen LogP contribution in [0.4, 0.5) is 0 Å². The summed E-state index contributed by atoms with van der Waals surface area (Å²) in [6.45, 7) is 3.57. The van der Waals surface area contributed by atoms with Crippen molar-refractivity contribution in [1.82, 2.24) is 0 Å². The van der Waals surface area contributed by atoms with Crippen LogP contribution in [-0.4, -0.2) is 45.9 Å². The van der Waals surface area contributed by atoms with Gasteiger partial charge in [0, 0.05) is 12.5 Å². The van der Waals surface area contributed by atoms with Gasteiger partial charge in [0.1, 0.15) is 0 Å². The summed E-state index contributed by atoms with van der Waals surface area (Å²) >= 11 is 0. The highest BCUT2D eigenvalue weighted by Crippen LogP contribution is 2.20. The summed E-state index contributed by atoms with van der Waals surface area (Å²) in [5.74, 6) is -3.09. The fraction of sp³-hybridized carbons (Fsp3) is 0.214. The molecule has 1 saturated heterocycles. The third-order valence-corrected chi connectivity index (χ3v) is 2.61. The number of carbonyl (C=O) groups is 3. The van der Waals surface area contributed by atoms with E-state index in [2.05, 4.69) is 6.58 Å². The van der Waals surface area contributed by atoms with Gasteiger partial charge in [0.25, 0.3) is 0 Å². The highest BCUT2D eigenvalue weighted by molar-refractivity contribution is 5.93. The van der Waals surface area contributed by atoms with Crippen molar-refractivity contribution < 1.29 is 34.4 Å². The molecule has 1 atom stereocenters. The molecule has 0 radical (unpaired) electrons. The maximum Gasteiger partial charge on any atom is 0.335 e. The van der Waals surface area contributed by atoms with Gasteiger partial charge in [0.15, 0.2) is 0 Å². The highest BCUT2D eigenvalue weighted by Gasteiger charge is 2.25. The first-order valence-corrected chi connectivity index (χ1v) is 5.91. The molecule has 0 bridgehead atoms. The number of carboxylic acid groups (broad SMARTS) is 3. The topological polar surface area (TPSA) is 124 Å². The van der Waals surface area contributed by atoms with Crippen LogP contribution in [0.3, 0.4) is 0 Å². The van der Waals surface area contributed by atoms with Crippen LogP contribution in [0.15, 0.2) is 30.9 Å². The van der Waals surface area contributed by atoms with Crippen LogP contribution in [-0.2, 0) is 16.0 Å². The molecule has 1 heterocycles.